The molecule has 0 radical (unpaired) electrons. The number of hydrogen-bond acceptors (Lipinski definition) is 10. The van der Waals surface area contributed by atoms with E-state index in [1.54, 1.807) is 72.8 Å². The van der Waals surface area contributed by atoms with Crippen LogP contribution >= 0.6 is 0 Å². The molecule has 0 atom stereocenters. The van der Waals surface area contributed by atoms with Crippen molar-refractivity contribution in [2.75, 3.05) is 16.0 Å². The van der Waals surface area contributed by atoms with Crippen LogP contribution in [0.3, 0.4) is 0 Å². The fourth-order valence-corrected chi connectivity index (χ4v) is 3.86. The van der Waals surface area contributed by atoms with E-state index >= 15 is 0 Å². The van der Waals surface area contributed by atoms with Crippen molar-refractivity contribution in [3.63, 3.8) is 0 Å². The molecular weight excluding hydrogens is 558 g/mol. The van der Waals surface area contributed by atoms with Gasteiger partial charge in [-0.2, -0.15) is 15.0 Å². The van der Waals surface area contributed by atoms with Crippen molar-refractivity contribution < 1.29 is 19.1 Å². The Kier molecular flexibility index (Phi) is 9.27. The maximum atomic E-state index is 12.5. The quantitative estimate of drug-likeness (QED) is 0.120. The molecule has 0 fully saturated rings. The molecule has 0 bridgehead atoms. The number of amides is 1. The van der Waals surface area contributed by atoms with Crippen molar-refractivity contribution in [2.24, 2.45) is 0 Å². The van der Waals surface area contributed by atoms with Crippen LogP contribution in [-0.4, -0.2) is 43.8 Å². The summed E-state index contributed by atoms with van der Waals surface area (Å²) in [4.78, 5) is 50.1. The molecule has 228 valence electrons. The van der Waals surface area contributed by atoms with Crippen molar-refractivity contribution in [3.05, 3.63) is 89.5 Å². The number of nitrogens with one attached hydrogen (secondary N) is 4. The molecular formula is C33H37N7O4. The first-order valence-corrected chi connectivity index (χ1v) is 14.1. The third kappa shape index (κ3) is 9.35. The third-order valence-corrected chi connectivity index (χ3v) is 5.85. The molecule has 1 amide bonds. The van der Waals surface area contributed by atoms with Crippen molar-refractivity contribution >= 4 is 52.6 Å². The van der Waals surface area contributed by atoms with Gasteiger partial charge in [-0.15, -0.1) is 0 Å². The summed E-state index contributed by atoms with van der Waals surface area (Å²) in [5.74, 6) is 0.0936. The first-order chi connectivity index (χ1) is 20.6. The Labute approximate surface area is 256 Å². The highest BCUT2D eigenvalue weighted by Crippen LogP contribution is 2.23. The number of carbonyl (C=O) groups excluding carboxylic acids is 3. The summed E-state index contributed by atoms with van der Waals surface area (Å²) >= 11 is 0. The lowest BCUT2D eigenvalue weighted by molar-refractivity contribution is 0.00693. The zero-order valence-corrected chi connectivity index (χ0v) is 25.9. The van der Waals surface area contributed by atoms with Gasteiger partial charge in [-0.3, -0.25) is 9.59 Å². The van der Waals surface area contributed by atoms with E-state index in [2.05, 4.69) is 36.2 Å². The molecule has 0 aliphatic rings. The van der Waals surface area contributed by atoms with Crippen LogP contribution in [0.15, 0.2) is 72.8 Å². The summed E-state index contributed by atoms with van der Waals surface area (Å²) in [6, 6.07) is 20.7. The van der Waals surface area contributed by atoms with Crippen LogP contribution in [-0.2, 0) is 4.74 Å². The number of ether oxygens (including phenoxy) is 1. The van der Waals surface area contributed by atoms with E-state index in [9.17, 15) is 14.4 Å². The summed E-state index contributed by atoms with van der Waals surface area (Å²) in [6.07, 6.45) is 0. The zero-order chi connectivity index (χ0) is 32.1. The highest BCUT2D eigenvalue weighted by molar-refractivity contribution is 5.95. The van der Waals surface area contributed by atoms with E-state index in [0.29, 0.717) is 33.8 Å². The molecule has 3 aromatic carbocycles. The lowest BCUT2D eigenvalue weighted by Gasteiger charge is -2.20. The van der Waals surface area contributed by atoms with Gasteiger partial charge in [-0.1, -0.05) is 0 Å². The first-order valence-electron chi connectivity index (χ1n) is 14.1. The summed E-state index contributed by atoms with van der Waals surface area (Å²) in [5, 5.41) is 12.4. The fraction of sp³-hybridized carbons (Fsp3) is 0.273. The number of carbonyl (C=O) groups is 3. The van der Waals surface area contributed by atoms with Crippen LogP contribution in [0.5, 0.6) is 0 Å². The van der Waals surface area contributed by atoms with Gasteiger partial charge < -0.3 is 26.0 Å². The number of esters is 1. The Bertz CT molecular complexity index is 1550. The largest absolute Gasteiger partial charge is 0.456 e. The van der Waals surface area contributed by atoms with Gasteiger partial charge in [0.25, 0.3) is 5.91 Å². The Hall–Kier alpha value is -5.32. The number of aromatic nitrogens is 3. The second-order valence-electron chi connectivity index (χ2n) is 12.2. The van der Waals surface area contributed by atoms with Gasteiger partial charge in [0, 0.05) is 33.7 Å². The standard InChI is InChI=1S/C33H37N7O4/c1-20(41)21-8-14-24(15-9-21)34-29-37-30(35-25-16-10-22(11-17-25)27(42)40-32(2,3)4)39-31(38-29)36-26-18-12-23(13-19-26)28(43)44-33(5,6)7/h8-19H,1-7H3,(H,40,42)(H3,34,35,36,37,38,39). The molecule has 0 aliphatic heterocycles. The number of benzene rings is 3. The molecule has 1 aromatic heterocycles. The normalized spacial score (nSPS) is 11.3. The average Bonchev–Trinajstić information content (AvgIpc) is 2.92. The molecule has 11 heteroatoms. The minimum atomic E-state index is -0.600. The monoisotopic (exact) mass is 595 g/mol. The van der Waals surface area contributed by atoms with E-state index in [4.69, 9.17) is 4.74 Å². The number of Topliss-reactive ketones (excluding diaryl/α,β-unsaturated/α-hetero) is 1. The zero-order valence-electron chi connectivity index (χ0n) is 25.9. The Morgan fingerprint density at radius 1 is 0.568 bits per heavy atom. The third-order valence-electron chi connectivity index (χ3n) is 5.85. The van der Waals surface area contributed by atoms with Crippen LogP contribution in [0.1, 0.15) is 79.5 Å². The van der Waals surface area contributed by atoms with E-state index in [1.807, 2.05) is 41.5 Å². The molecule has 0 saturated heterocycles. The number of hydrogen-bond donors (Lipinski definition) is 4. The van der Waals surface area contributed by atoms with Crippen LogP contribution in [0.4, 0.5) is 34.9 Å². The van der Waals surface area contributed by atoms with Crippen molar-refractivity contribution in [2.45, 2.75) is 59.6 Å². The SMILES string of the molecule is CC(=O)c1ccc(Nc2nc(Nc3ccc(C(=O)NC(C)(C)C)cc3)nc(Nc3ccc(C(=O)OC(C)(C)C)cc3)n2)cc1. The number of ketones is 1. The van der Waals surface area contributed by atoms with Crippen LogP contribution in [0.25, 0.3) is 0 Å². The number of rotatable bonds is 9. The number of nitrogens with zero attached hydrogens (tertiary/aromatic N) is 3. The molecule has 44 heavy (non-hydrogen) atoms. The Morgan fingerprint density at radius 3 is 1.27 bits per heavy atom. The van der Waals surface area contributed by atoms with Crippen molar-refractivity contribution in [1.82, 2.24) is 20.3 Å². The van der Waals surface area contributed by atoms with Gasteiger partial charge in [0.2, 0.25) is 17.8 Å². The molecule has 1 heterocycles. The molecule has 11 nitrogen and oxygen atoms in total. The summed E-state index contributed by atoms with van der Waals surface area (Å²) in [7, 11) is 0. The lowest BCUT2D eigenvalue weighted by Crippen LogP contribution is -2.40. The van der Waals surface area contributed by atoms with Gasteiger partial charge in [-0.05, 0) is 121 Å². The first kappa shape index (κ1) is 31.6. The maximum Gasteiger partial charge on any atom is 0.338 e. The molecule has 4 rings (SSSR count). The van der Waals surface area contributed by atoms with E-state index in [0.717, 1.165) is 0 Å². The van der Waals surface area contributed by atoms with Gasteiger partial charge >= 0.3 is 5.97 Å². The summed E-state index contributed by atoms with van der Waals surface area (Å²) in [5.41, 5.74) is 2.55. The van der Waals surface area contributed by atoms with Crippen molar-refractivity contribution in [1.29, 1.82) is 0 Å². The maximum absolute atomic E-state index is 12.5. The molecule has 4 aromatic rings. The fourth-order valence-electron chi connectivity index (χ4n) is 3.86. The highest BCUT2D eigenvalue weighted by atomic mass is 16.6. The summed E-state index contributed by atoms with van der Waals surface area (Å²) in [6.45, 7) is 12.7. The summed E-state index contributed by atoms with van der Waals surface area (Å²) < 4.78 is 5.44. The van der Waals surface area contributed by atoms with Gasteiger partial charge in [0.1, 0.15) is 5.60 Å². The van der Waals surface area contributed by atoms with Gasteiger partial charge in [0.15, 0.2) is 5.78 Å². The topological polar surface area (TPSA) is 147 Å². The van der Waals surface area contributed by atoms with E-state index in [1.165, 1.54) is 6.92 Å². The second-order valence-corrected chi connectivity index (χ2v) is 12.2. The van der Waals surface area contributed by atoms with Crippen LogP contribution in [0, 0.1) is 0 Å². The minimum Gasteiger partial charge on any atom is -0.456 e. The predicted molar refractivity (Wildman–Crippen MR) is 171 cm³/mol. The highest BCUT2D eigenvalue weighted by Gasteiger charge is 2.18. The van der Waals surface area contributed by atoms with Gasteiger partial charge in [-0.25, -0.2) is 4.79 Å². The minimum absolute atomic E-state index is 0.0331. The smallest absolute Gasteiger partial charge is 0.338 e. The average molecular weight is 596 g/mol. The molecule has 0 unspecified atom stereocenters. The lowest BCUT2D eigenvalue weighted by atomic mass is 10.1. The van der Waals surface area contributed by atoms with Crippen molar-refractivity contribution in [3.8, 4) is 0 Å². The molecule has 0 spiro atoms. The molecule has 0 aliphatic carbocycles. The second kappa shape index (κ2) is 12.9. The van der Waals surface area contributed by atoms with E-state index in [-0.39, 0.29) is 35.1 Å². The Balaban J connectivity index is 1.58. The molecule has 4 N–H and O–H groups in total. The molecule has 0 saturated carbocycles. The number of anilines is 6. The van der Waals surface area contributed by atoms with E-state index < -0.39 is 11.6 Å². The van der Waals surface area contributed by atoms with Crippen LogP contribution in [0.2, 0.25) is 0 Å². The van der Waals surface area contributed by atoms with Gasteiger partial charge in [0.05, 0.1) is 5.56 Å². The predicted octanol–water partition coefficient (Wildman–Crippen LogP) is 6.79. The Morgan fingerprint density at radius 2 is 0.932 bits per heavy atom. The van der Waals surface area contributed by atoms with Crippen LogP contribution < -0.4 is 21.3 Å².